The Balaban J connectivity index is 2.04. The molecule has 0 bridgehead atoms. The molecule has 0 saturated carbocycles. The van der Waals surface area contributed by atoms with Gasteiger partial charge in [-0.3, -0.25) is 0 Å². The summed E-state index contributed by atoms with van der Waals surface area (Å²) in [6.07, 6.45) is 1.29. The lowest BCUT2D eigenvalue weighted by Gasteiger charge is -2.42. The predicted octanol–water partition coefficient (Wildman–Crippen LogP) is 3.40. The van der Waals surface area contributed by atoms with Crippen LogP contribution in [0.15, 0.2) is 23.1 Å². The minimum atomic E-state index is 0.256. The summed E-state index contributed by atoms with van der Waals surface area (Å²) < 4.78 is 5.43. The Morgan fingerprint density at radius 3 is 2.74 bits per heavy atom. The molecule has 2 nitrogen and oxygen atoms in total. The maximum absolute atomic E-state index is 5.43. The molecule has 0 aromatic heterocycles. The second kappa shape index (κ2) is 4.42. The lowest BCUT2D eigenvalue weighted by atomic mass is 9.62. The number of likely N-dealkylation sites (tertiary alicyclic amines) is 1. The molecule has 3 rings (SSSR count). The van der Waals surface area contributed by atoms with Crippen LogP contribution in [0.5, 0.6) is 5.75 Å². The molecular weight excluding hydrogens is 254 g/mol. The second-order valence-corrected chi connectivity index (χ2v) is 7.55. The van der Waals surface area contributed by atoms with Crippen LogP contribution in [-0.4, -0.2) is 37.9 Å². The Morgan fingerprint density at radius 2 is 2.11 bits per heavy atom. The molecule has 0 amide bonds. The van der Waals surface area contributed by atoms with Crippen LogP contribution in [0.3, 0.4) is 0 Å². The van der Waals surface area contributed by atoms with Gasteiger partial charge in [0.2, 0.25) is 0 Å². The van der Waals surface area contributed by atoms with Crippen molar-refractivity contribution in [2.75, 3.05) is 33.0 Å². The molecule has 2 atom stereocenters. The van der Waals surface area contributed by atoms with Crippen molar-refractivity contribution < 1.29 is 4.74 Å². The Morgan fingerprint density at radius 1 is 1.32 bits per heavy atom. The van der Waals surface area contributed by atoms with Crippen molar-refractivity contribution >= 4 is 11.8 Å². The molecule has 2 heterocycles. The zero-order chi connectivity index (χ0) is 13.7. The monoisotopic (exact) mass is 277 g/mol. The van der Waals surface area contributed by atoms with Gasteiger partial charge in [-0.05, 0) is 49.2 Å². The highest BCUT2D eigenvalue weighted by Crippen LogP contribution is 2.56. The fraction of sp³-hybridized carbons (Fsp3) is 0.625. The van der Waals surface area contributed by atoms with Gasteiger partial charge >= 0.3 is 0 Å². The van der Waals surface area contributed by atoms with Gasteiger partial charge in [0.15, 0.2) is 0 Å². The van der Waals surface area contributed by atoms with Crippen LogP contribution >= 0.6 is 11.8 Å². The smallest absolute Gasteiger partial charge is 0.119 e. The Bertz CT molecular complexity index is 504. The van der Waals surface area contributed by atoms with Crippen LogP contribution in [-0.2, 0) is 5.41 Å². The number of nitrogens with zero attached hydrogens (tertiary/aromatic N) is 1. The van der Waals surface area contributed by atoms with Gasteiger partial charge in [0, 0.05) is 22.6 Å². The molecule has 0 spiro atoms. The van der Waals surface area contributed by atoms with E-state index >= 15 is 0 Å². The molecule has 0 radical (unpaired) electrons. The van der Waals surface area contributed by atoms with E-state index in [4.69, 9.17) is 4.74 Å². The first-order valence-electron chi connectivity index (χ1n) is 6.98. The molecule has 3 heteroatoms. The highest BCUT2D eigenvalue weighted by Gasteiger charge is 2.52. The molecule has 1 saturated heterocycles. The number of ether oxygens (including phenoxy) is 1. The number of benzene rings is 1. The minimum absolute atomic E-state index is 0.256. The van der Waals surface area contributed by atoms with E-state index in [0.717, 1.165) is 5.75 Å². The van der Waals surface area contributed by atoms with Gasteiger partial charge in [0.05, 0.1) is 7.11 Å². The number of fused-ring (bicyclic) bond motifs is 1. The van der Waals surface area contributed by atoms with Gasteiger partial charge in [-0.2, -0.15) is 0 Å². The fourth-order valence-corrected chi connectivity index (χ4v) is 5.19. The molecule has 1 aromatic rings. The summed E-state index contributed by atoms with van der Waals surface area (Å²) in [4.78, 5) is 3.91. The number of hydrogen-bond acceptors (Lipinski definition) is 3. The van der Waals surface area contributed by atoms with Crippen LogP contribution in [0.25, 0.3) is 0 Å². The average Bonchev–Trinajstić information content (AvgIpc) is 2.93. The Labute approximate surface area is 120 Å². The van der Waals surface area contributed by atoms with Gasteiger partial charge in [-0.1, -0.05) is 13.8 Å². The van der Waals surface area contributed by atoms with Gasteiger partial charge in [-0.15, -0.1) is 11.8 Å². The highest BCUT2D eigenvalue weighted by molar-refractivity contribution is 7.99. The number of hydrogen-bond donors (Lipinski definition) is 0. The lowest BCUT2D eigenvalue weighted by molar-refractivity contribution is 0.183. The summed E-state index contributed by atoms with van der Waals surface area (Å²) in [5.41, 5.74) is 2.12. The zero-order valence-corrected chi connectivity index (χ0v) is 13.1. The third kappa shape index (κ3) is 1.90. The van der Waals surface area contributed by atoms with Gasteiger partial charge in [-0.25, -0.2) is 0 Å². The molecule has 1 fully saturated rings. The molecule has 0 aliphatic carbocycles. The summed E-state index contributed by atoms with van der Waals surface area (Å²) >= 11 is 2.01. The topological polar surface area (TPSA) is 12.5 Å². The summed E-state index contributed by atoms with van der Waals surface area (Å²) in [7, 11) is 4.00. The van der Waals surface area contributed by atoms with E-state index in [1.807, 2.05) is 11.8 Å². The Hall–Kier alpha value is -0.670. The lowest BCUT2D eigenvalue weighted by Crippen LogP contribution is -2.43. The third-order valence-corrected chi connectivity index (χ3v) is 6.68. The maximum Gasteiger partial charge on any atom is 0.119 e. The molecule has 19 heavy (non-hydrogen) atoms. The van der Waals surface area contributed by atoms with Crippen LogP contribution in [0.4, 0.5) is 0 Å². The van der Waals surface area contributed by atoms with Crippen molar-refractivity contribution in [3.63, 3.8) is 0 Å². The van der Waals surface area contributed by atoms with Crippen molar-refractivity contribution in [1.29, 1.82) is 0 Å². The number of methoxy groups -OCH3 is 1. The SMILES string of the molecule is COc1ccc2c(c1)C(C)(C1(C)CCN(C)C1)CS2. The standard InChI is InChI=1S/C16H23NOS/c1-15(7-8-17(3)10-15)16(2)11-19-14-6-5-12(18-4)9-13(14)16/h5-6,9H,7-8,10-11H2,1-4H3. The van der Waals surface area contributed by atoms with Crippen molar-refractivity contribution in [2.24, 2.45) is 5.41 Å². The predicted molar refractivity (Wildman–Crippen MR) is 81.3 cm³/mol. The van der Waals surface area contributed by atoms with E-state index in [-0.39, 0.29) is 5.41 Å². The van der Waals surface area contributed by atoms with Crippen LogP contribution in [0, 0.1) is 5.41 Å². The van der Waals surface area contributed by atoms with E-state index in [1.165, 1.54) is 35.7 Å². The van der Waals surface area contributed by atoms with Crippen molar-refractivity contribution in [1.82, 2.24) is 4.90 Å². The first-order valence-corrected chi connectivity index (χ1v) is 7.97. The quantitative estimate of drug-likeness (QED) is 0.822. The fourth-order valence-electron chi connectivity index (χ4n) is 3.63. The summed E-state index contributed by atoms with van der Waals surface area (Å²) in [5, 5.41) is 0. The highest BCUT2D eigenvalue weighted by atomic mass is 32.2. The van der Waals surface area contributed by atoms with Crippen molar-refractivity contribution in [2.45, 2.75) is 30.6 Å². The number of rotatable bonds is 2. The summed E-state index contributed by atoms with van der Waals surface area (Å²) in [5.74, 6) is 2.18. The van der Waals surface area contributed by atoms with E-state index < -0.39 is 0 Å². The summed E-state index contributed by atoms with van der Waals surface area (Å²) in [6, 6.07) is 6.58. The third-order valence-electron chi connectivity index (χ3n) is 5.29. The van der Waals surface area contributed by atoms with Gasteiger partial charge < -0.3 is 9.64 Å². The normalized spacial score (nSPS) is 34.5. The van der Waals surface area contributed by atoms with E-state index in [0.29, 0.717) is 5.41 Å². The molecule has 2 aliphatic rings. The molecule has 2 unspecified atom stereocenters. The number of thioether (sulfide) groups is 1. The van der Waals surface area contributed by atoms with Crippen LogP contribution < -0.4 is 4.74 Å². The minimum Gasteiger partial charge on any atom is -0.497 e. The molecular formula is C16H23NOS. The zero-order valence-electron chi connectivity index (χ0n) is 12.3. The van der Waals surface area contributed by atoms with E-state index in [9.17, 15) is 0 Å². The maximum atomic E-state index is 5.43. The first-order chi connectivity index (χ1) is 8.98. The van der Waals surface area contributed by atoms with Crippen molar-refractivity contribution in [3.05, 3.63) is 23.8 Å². The summed E-state index contributed by atoms with van der Waals surface area (Å²) in [6.45, 7) is 7.33. The first kappa shape index (κ1) is 13.3. The average molecular weight is 277 g/mol. The molecule has 2 aliphatic heterocycles. The van der Waals surface area contributed by atoms with E-state index in [2.05, 4.69) is 44.0 Å². The molecule has 104 valence electrons. The van der Waals surface area contributed by atoms with Crippen molar-refractivity contribution in [3.8, 4) is 5.75 Å². The Kier molecular flexibility index (Phi) is 3.10. The van der Waals surface area contributed by atoms with E-state index in [1.54, 1.807) is 7.11 Å². The van der Waals surface area contributed by atoms with Crippen LogP contribution in [0.2, 0.25) is 0 Å². The molecule has 1 aromatic carbocycles. The van der Waals surface area contributed by atoms with Gasteiger partial charge in [0.25, 0.3) is 0 Å². The van der Waals surface area contributed by atoms with Gasteiger partial charge in [0.1, 0.15) is 5.75 Å². The second-order valence-electron chi connectivity index (χ2n) is 6.53. The van der Waals surface area contributed by atoms with Crippen LogP contribution in [0.1, 0.15) is 25.8 Å². The molecule has 0 N–H and O–H groups in total. The largest absolute Gasteiger partial charge is 0.497 e.